The van der Waals surface area contributed by atoms with Crippen LogP contribution in [0.3, 0.4) is 0 Å². The van der Waals surface area contributed by atoms with Crippen molar-refractivity contribution in [3.05, 3.63) is 77.7 Å². The smallest absolute Gasteiger partial charge is 0.158 e. The van der Waals surface area contributed by atoms with Gasteiger partial charge in [0.15, 0.2) is 5.82 Å². The zero-order valence-corrected chi connectivity index (χ0v) is 14.3. The second-order valence-electron chi connectivity index (χ2n) is 5.69. The monoisotopic (exact) mass is 346 g/mol. The maximum Gasteiger partial charge on any atom is 0.158 e. The molecule has 0 saturated carbocycles. The van der Waals surface area contributed by atoms with Gasteiger partial charge in [0.1, 0.15) is 10.7 Å². The van der Waals surface area contributed by atoms with Crippen LogP contribution in [0.2, 0.25) is 5.15 Å². The van der Waals surface area contributed by atoms with E-state index in [2.05, 4.69) is 45.4 Å². The number of anilines is 2. The van der Waals surface area contributed by atoms with Crippen molar-refractivity contribution in [1.29, 1.82) is 0 Å². The molecule has 0 saturated heterocycles. The van der Waals surface area contributed by atoms with E-state index in [9.17, 15) is 0 Å². The molecule has 4 nitrogen and oxygen atoms in total. The molecule has 0 bridgehead atoms. The second-order valence-corrected chi connectivity index (χ2v) is 6.08. The fraction of sp³-hybridized carbons (Fsp3) is 0.0500. The lowest BCUT2D eigenvalue weighted by atomic mass is 9.99. The minimum absolute atomic E-state index is 0.368. The molecule has 2 aromatic heterocycles. The number of aromatic nitrogens is 3. The molecular weight excluding hydrogens is 332 g/mol. The van der Waals surface area contributed by atoms with Crippen LogP contribution >= 0.6 is 11.6 Å². The van der Waals surface area contributed by atoms with Crippen molar-refractivity contribution in [2.75, 3.05) is 5.32 Å². The maximum atomic E-state index is 5.93. The van der Waals surface area contributed by atoms with Crippen LogP contribution in [0.15, 0.2) is 67.0 Å². The third-order valence-corrected chi connectivity index (χ3v) is 4.28. The Morgan fingerprint density at radius 1 is 0.920 bits per heavy atom. The van der Waals surface area contributed by atoms with E-state index in [1.165, 1.54) is 17.3 Å². The topological polar surface area (TPSA) is 50.7 Å². The predicted octanol–water partition coefficient (Wildman–Crippen LogP) is 5.40. The average Bonchev–Trinajstić information content (AvgIpc) is 2.64. The quantitative estimate of drug-likeness (QED) is 0.539. The van der Waals surface area contributed by atoms with Gasteiger partial charge in [0.05, 0.1) is 11.7 Å². The number of rotatable bonds is 3. The highest BCUT2D eigenvalue weighted by Gasteiger charge is 2.10. The first-order chi connectivity index (χ1) is 12.2. The van der Waals surface area contributed by atoms with Gasteiger partial charge >= 0.3 is 0 Å². The molecule has 0 aliphatic rings. The Labute approximate surface area is 150 Å². The number of nitrogens with one attached hydrogen (secondary N) is 1. The van der Waals surface area contributed by atoms with E-state index in [0.717, 1.165) is 11.3 Å². The first-order valence-corrected chi connectivity index (χ1v) is 8.29. The molecule has 0 aliphatic carbocycles. The minimum Gasteiger partial charge on any atom is -0.338 e. The van der Waals surface area contributed by atoms with Gasteiger partial charge in [-0.3, -0.25) is 0 Å². The molecule has 4 rings (SSSR count). The van der Waals surface area contributed by atoms with E-state index in [1.54, 1.807) is 12.3 Å². The molecule has 0 amide bonds. The van der Waals surface area contributed by atoms with Gasteiger partial charge < -0.3 is 5.32 Å². The van der Waals surface area contributed by atoms with Gasteiger partial charge in [-0.15, -0.1) is 0 Å². The van der Waals surface area contributed by atoms with E-state index in [-0.39, 0.29) is 0 Å². The van der Waals surface area contributed by atoms with Crippen LogP contribution < -0.4 is 5.32 Å². The van der Waals surface area contributed by atoms with Gasteiger partial charge in [0, 0.05) is 11.9 Å². The summed E-state index contributed by atoms with van der Waals surface area (Å²) >= 11 is 5.93. The highest BCUT2D eigenvalue weighted by atomic mass is 35.5. The molecule has 0 atom stereocenters. The summed E-state index contributed by atoms with van der Waals surface area (Å²) in [6.07, 6.45) is 3.23. The second kappa shape index (κ2) is 6.49. The SMILES string of the molecule is Cc1c(Nc2nccc3nc(Cl)cnc23)cccc1-c1ccccc1. The molecule has 0 aliphatic heterocycles. The Balaban J connectivity index is 1.77. The fourth-order valence-electron chi connectivity index (χ4n) is 2.84. The van der Waals surface area contributed by atoms with E-state index in [4.69, 9.17) is 11.6 Å². The summed E-state index contributed by atoms with van der Waals surface area (Å²) in [5.74, 6) is 0.662. The zero-order valence-electron chi connectivity index (χ0n) is 13.6. The number of hydrogen-bond acceptors (Lipinski definition) is 4. The van der Waals surface area contributed by atoms with Crippen molar-refractivity contribution in [3.8, 4) is 11.1 Å². The van der Waals surface area contributed by atoms with Crippen molar-refractivity contribution in [2.24, 2.45) is 0 Å². The number of fused-ring (bicyclic) bond motifs is 1. The van der Waals surface area contributed by atoms with Crippen molar-refractivity contribution >= 4 is 34.1 Å². The number of hydrogen-bond donors (Lipinski definition) is 1. The lowest BCUT2D eigenvalue weighted by molar-refractivity contribution is 1.24. The van der Waals surface area contributed by atoms with Crippen molar-refractivity contribution in [1.82, 2.24) is 15.0 Å². The van der Waals surface area contributed by atoms with Crippen LogP contribution in [0, 0.1) is 6.92 Å². The van der Waals surface area contributed by atoms with E-state index in [1.807, 2.05) is 30.3 Å². The van der Waals surface area contributed by atoms with Crippen molar-refractivity contribution < 1.29 is 0 Å². The zero-order chi connectivity index (χ0) is 17.2. The lowest BCUT2D eigenvalue weighted by Gasteiger charge is -2.14. The predicted molar refractivity (Wildman–Crippen MR) is 102 cm³/mol. The van der Waals surface area contributed by atoms with Crippen LogP contribution in [0.5, 0.6) is 0 Å². The largest absolute Gasteiger partial charge is 0.338 e. The Bertz CT molecular complexity index is 1050. The average molecular weight is 347 g/mol. The minimum atomic E-state index is 0.368. The van der Waals surface area contributed by atoms with Crippen LogP contribution in [-0.2, 0) is 0 Å². The van der Waals surface area contributed by atoms with Gasteiger partial charge in [0.2, 0.25) is 0 Å². The lowest BCUT2D eigenvalue weighted by Crippen LogP contribution is -1.99. The summed E-state index contributed by atoms with van der Waals surface area (Å²) in [7, 11) is 0. The van der Waals surface area contributed by atoms with E-state index < -0.39 is 0 Å². The van der Waals surface area contributed by atoms with Crippen LogP contribution in [-0.4, -0.2) is 15.0 Å². The first-order valence-electron chi connectivity index (χ1n) is 7.92. The van der Waals surface area contributed by atoms with E-state index >= 15 is 0 Å². The molecule has 122 valence electrons. The summed E-state index contributed by atoms with van der Waals surface area (Å²) in [6, 6.07) is 18.3. The van der Waals surface area contributed by atoms with Gasteiger partial charge in [-0.1, -0.05) is 54.1 Å². The van der Waals surface area contributed by atoms with Gasteiger partial charge in [-0.05, 0) is 35.7 Å². The molecule has 0 fully saturated rings. The third kappa shape index (κ3) is 3.04. The number of halogens is 1. The Morgan fingerprint density at radius 2 is 1.76 bits per heavy atom. The van der Waals surface area contributed by atoms with Gasteiger partial charge in [-0.25, -0.2) is 15.0 Å². The van der Waals surface area contributed by atoms with Crippen molar-refractivity contribution in [3.63, 3.8) is 0 Å². The Kier molecular flexibility index (Phi) is 4.04. The first kappa shape index (κ1) is 15.5. The molecule has 0 radical (unpaired) electrons. The van der Waals surface area contributed by atoms with E-state index in [0.29, 0.717) is 22.0 Å². The number of nitrogens with zero attached hydrogens (tertiary/aromatic N) is 3. The summed E-state index contributed by atoms with van der Waals surface area (Å²) in [5, 5.41) is 3.76. The molecule has 0 unspecified atom stereocenters. The molecule has 2 aromatic carbocycles. The summed E-state index contributed by atoms with van der Waals surface area (Å²) in [6.45, 7) is 2.10. The molecule has 0 spiro atoms. The number of benzene rings is 2. The summed E-state index contributed by atoms with van der Waals surface area (Å²) in [5.41, 5.74) is 5.90. The highest BCUT2D eigenvalue weighted by molar-refractivity contribution is 6.29. The molecule has 5 heteroatoms. The fourth-order valence-corrected chi connectivity index (χ4v) is 2.98. The Hall–Kier alpha value is -2.98. The highest BCUT2D eigenvalue weighted by Crippen LogP contribution is 2.31. The van der Waals surface area contributed by atoms with Gasteiger partial charge in [-0.2, -0.15) is 0 Å². The molecule has 2 heterocycles. The summed E-state index contributed by atoms with van der Waals surface area (Å²) in [4.78, 5) is 13.1. The van der Waals surface area contributed by atoms with Crippen LogP contribution in [0.4, 0.5) is 11.5 Å². The summed E-state index contributed by atoms with van der Waals surface area (Å²) < 4.78 is 0. The van der Waals surface area contributed by atoms with Crippen LogP contribution in [0.1, 0.15) is 5.56 Å². The normalized spacial score (nSPS) is 10.8. The molecule has 25 heavy (non-hydrogen) atoms. The van der Waals surface area contributed by atoms with Gasteiger partial charge in [0.25, 0.3) is 0 Å². The number of pyridine rings is 1. The van der Waals surface area contributed by atoms with Crippen molar-refractivity contribution in [2.45, 2.75) is 6.92 Å². The molecule has 4 aromatic rings. The molecular formula is C20H15ClN4. The Morgan fingerprint density at radius 3 is 2.60 bits per heavy atom. The standard InChI is InChI=1S/C20H15ClN4/c1-13-15(14-6-3-2-4-7-14)8-5-9-16(13)25-20-19-17(10-11-22-20)24-18(21)12-23-19/h2-12H,1H3,(H,22,25). The molecule has 1 N–H and O–H groups in total. The third-order valence-electron chi connectivity index (χ3n) is 4.10. The van der Waals surface area contributed by atoms with Crippen LogP contribution in [0.25, 0.3) is 22.2 Å². The maximum absolute atomic E-state index is 5.93.